The lowest BCUT2D eigenvalue weighted by atomic mass is 10.2. The molecule has 0 saturated heterocycles. The molecule has 0 saturated carbocycles. The first kappa shape index (κ1) is 15.8. The maximum Gasteiger partial charge on any atom is 0.416 e. The second-order valence-electron chi connectivity index (χ2n) is 4.19. The zero-order chi connectivity index (χ0) is 15.8. The number of anilines is 1. The van der Waals surface area contributed by atoms with Gasteiger partial charge < -0.3 is 0 Å². The maximum atomic E-state index is 12.7. The van der Waals surface area contributed by atoms with Crippen LogP contribution in [-0.2, 0) is 16.2 Å². The fourth-order valence-corrected chi connectivity index (χ4v) is 3.30. The largest absolute Gasteiger partial charge is 0.416 e. The maximum absolute atomic E-state index is 12.7. The lowest BCUT2D eigenvalue weighted by Crippen LogP contribution is -2.14. The Labute approximate surface area is 126 Å². The van der Waals surface area contributed by atoms with Gasteiger partial charge in [0.2, 0.25) is 0 Å². The molecule has 2 N–H and O–H groups in total. The molecule has 0 aliphatic heterocycles. The molecule has 114 valence electrons. The summed E-state index contributed by atoms with van der Waals surface area (Å²) < 4.78 is 64.5. The molecule has 2 rings (SSSR count). The molecule has 1 heterocycles. The molecule has 10 heteroatoms. The van der Waals surface area contributed by atoms with E-state index in [-0.39, 0.29) is 20.7 Å². The van der Waals surface area contributed by atoms with Crippen LogP contribution in [0.3, 0.4) is 0 Å². The van der Waals surface area contributed by atoms with Crippen LogP contribution in [0.5, 0.6) is 0 Å². The molecule has 0 unspecified atom stereocenters. The summed E-state index contributed by atoms with van der Waals surface area (Å²) in [6.45, 7) is 1.49. The minimum absolute atomic E-state index is 0.110. The third-order valence-corrected chi connectivity index (χ3v) is 4.50. The highest BCUT2D eigenvalue weighted by Gasteiger charge is 2.31. The number of nitrogens with zero attached hydrogens (tertiary/aromatic N) is 1. The van der Waals surface area contributed by atoms with Crippen LogP contribution in [0, 0.1) is 6.92 Å². The summed E-state index contributed by atoms with van der Waals surface area (Å²) in [7, 11) is -4.01. The number of alkyl halides is 3. The summed E-state index contributed by atoms with van der Waals surface area (Å²) in [6.07, 6.45) is -3.49. The molecule has 0 atom stereocenters. The van der Waals surface area contributed by atoms with Crippen molar-refractivity contribution in [2.24, 2.45) is 0 Å². The minimum atomic E-state index is -4.57. The van der Waals surface area contributed by atoms with Crippen molar-refractivity contribution >= 4 is 31.6 Å². The van der Waals surface area contributed by atoms with Crippen LogP contribution in [-0.4, -0.2) is 18.6 Å². The highest BCUT2D eigenvalue weighted by molar-refractivity contribution is 9.10. The monoisotopic (exact) mass is 383 g/mol. The van der Waals surface area contributed by atoms with Gasteiger partial charge in [-0.15, -0.1) is 0 Å². The van der Waals surface area contributed by atoms with E-state index in [2.05, 4.69) is 30.8 Å². The van der Waals surface area contributed by atoms with Crippen molar-refractivity contribution < 1.29 is 21.6 Å². The Hall–Kier alpha value is -1.55. The summed E-state index contributed by atoms with van der Waals surface area (Å²) in [5, 5.41) is 6.02. The Kier molecular flexibility index (Phi) is 4.02. The molecular weight excluding hydrogens is 375 g/mol. The number of aryl methyl sites for hydroxylation is 1. The van der Waals surface area contributed by atoms with Crippen LogP contribution in [0.25, 0.3) is 0 Å². The SMILES string of the molecule is Cc1[nH]ncc1S(=O)(=O)Nc1cc(Br)cc(C(F)(F)F)c1. The van der Waals surface area contributed by atoms with Gasteiger partial charge in [0.1, 0.15) is 4.90 Å². The van der Waals surface area contributed by atoms with E-state index in [1.165, 1.54) is 13.0 Å². The summed E-state index contributed by atoms with van der Waals surface area (Å²) >= 11 is 2.92. The van der Waals surface area contributed by atoms with Crippen molar-refractivity contribution in [2.45, 2.75) is 18.0 Å². The van der Waals surface area contributed by atoms with E-state index < -0.39 is 21.8 Å². The number of sulfonamides is 1. The van der Waals surface area contributed by atoms with Crippen LogP contribution in [0.15, 0.2) is 33.8 Å². The normalized spacial score (nSPS) is 12.4. The van der Waals surface area contributed by atoms with E-state index >= 15 is 0 Å². The number of halogens is 4. The molecule has 2 aromatic rings. The summed E-state index contributed by atoms with van der Waals surface area (Å²) in [5.41, 5.74) is -0.871. The van der Waals surface area contributed by atoms with Crippen LogP contribution < -0.4 is 4.72 Å². The molecule has 0 spiro atoms. The van der Waals surface area contributed by atoms with E-state index in [0.29, 0.717) is 0 Å². The van der Waals surface area contributed by atoms with Gasteiger partial charge in [0.25, 0.3) is 10.0 Å². The predicted octanol–water partition coefficient (Wildman–Crippen LogP) is 3.30. The Bertz CT molecular complexity index is 771. The van der Waals surface area contributed by atoms with Crippen molar-refractivity contribution in [3.63, 3.8) is 0 Å². The average molecular weight is 384 g/mol. The molecule has 0 aliphatic rings. The Balaban J connectivity index is 2.41. The number of aromatic amines is 1. The molecule has 1 aromatic carbocycles. The standard InChI is InChI=1S/C11H9BrF3N3O2S/c1-6-10(5-16-17-6)21(19,20)18-9-3-7(11(13,14)15)2-8(12)4-9/h2-5,18H,1H3,(H,16,17). The molecule has 5 nitrogen and oxygen atoms in total. The fourth-order valence-electron chi connectivity index (χ4n) is 1.63. The number of nitrogens with one attached hydrogen (secondary N) is 2. The Morgan fingerprint density at radius 3 is 2.48 bits per heavy atom. The van der Waals surface area contributed by atoms with Gasteiger partial charge in [-0.3, -0.25) is 9.82 Å². The topological polar surface area (TPSA) is 74.8 Å². The molecule has 0 radical (unpaired) electrons. The van der Waals surface area contributed by atoms with Crippen LogP contribution in [0.2, 0.25) is 0 Å². The second kappa shape index (κ2) is 5.34. The number of hydrogen-bond acceptors (Lipinski definition) is 3. The van der Waals surface area contributed by atoms with Crippen molar-refractivity contribution in [1.82, 2.24) is 10.2 Å². The highest BCUT2D eigenvalue weighted by Crippen LogP contribution is 2.34. The number of hydrogen-bond donors (Lipinski definition) is 2. The third kappa shape index (κ3) is 3.56. The molecule has 1 aromatic heterocycles. The minimum Gasteiger partial charge on any atom is -0.281 e. The lowest BCUT2D eigenvalue weighted by molar-refractivity contribution is -0.137. The molecule has 0 bridgehead atoms. The zero-order valence-corrected chi connectivity index (χ0v) is 12.9. The molecular formula is C11H9BrF3N3O2S. The predicted molar refractivity (Wildman–Crippen MR) is 73.3 cm³/mol. The van der Waals surface area contributed by atoms with Crippen LogP contribution in [0.4, 0.5) is 18.9 Å². The first-order chi connectivity index (χ1) is 9.59. The van der Waals surface area contributed by atoms with Gasteiger partial charge in [-0.1, -0.05) is 15.9 Å². The van der Waals surface area contributed by atoms with Gasteiger partial charge in [0.05, 0.1) is 23.1 Å². The summed E-state index contributed by atoms with van der Waals surface area (Å²) in [6, 6.07) is 2.82. The Morgan fingerprint density at radius 1 is 1.29 bits per heavy atom. The van der Waals surface area contributed by atoms with Crippen LogP contribution in [0.1, 0.15) is 11.3 Å². The van der Waals surface area contributed by atoms with Crippen molar-refractivity contribution in [3.8, 4) is 0 Å². The van der Waals surface area contributed by atoms with E-state index in [1.54, 1.807) is 0 Å². The summed E-state index contributed by atoms with van der Waals surface area (Å²) in [4.78, 5) is -0.129. The number of benzene rings is 1. The molecule has 21 heavy (non-hydrogen) atoms. The highest BCUT2D eigenvalue weighted by atomic mass is 79.9. The number of H-pyrrole nitrogens is 1. The third-order valence-electron chi connectivity index (χ3n) is 2.55. The second-order valence-corrected chi connectivity index (χ2v) is 6.76. The summed E-state index contributed by atoms with van der Waals surface area (Å²) in [5.74, 6) is 0. The molecule has 0 amide bonds. The van der Waals surface area contributed by atoms with Gasteiger partial charge in [-0.05, 0) is 25.1 Å². The Morgan fingerprint density at radius 2 is 1.95 bits per heavy atom. The van der Waals surface area contributed by atoms with Gasteiger partial charge in [-0.25, -0.2) is 8.42 Å². The fraction of sp³-hybridized carbons (Fsp3) is 0.182. The zero-order valence-electron chi connectivity index (χ0n) is 10.5. The first-order valence-electron chi connectivity index (χ1n) is 5.50. The van der Waals surface area contributed by atoms with Gasteiger partial charge in [-0.2, -0.15) is 18.3 Å². The van der Waals surface area contributed by atoms with Gasteiger partial charge in [0.15, 0.2) is 0 Å². The van der Waals surface area contributed by atoms with Gasteiger partial charge in [0, 0.05) is 4.47 Å². The van der Waals surface area contributed by atoms with Crippen LogP contribution >= 0.6 is 15.9 Å². The number of rotatable bonds is 3. The van der Waals surface area contributed by atoms with Crippen molar-refractivity contribution in [3.05, 3.63) is 40.1 Å². The molecule has 0 fully saturated rings. The van der Waals surface area contributed by atoms with Crippen molar-refractivity contribution in [1.29, 1.82) is 0 Å². The van der Waals surface area contributed by atoms with E-state index in [1.807, 2.05) is 0 Å². The average Bonchev–Trinajstić information content (AvgIpc) is 2.73. The lowest BCUT2D eigenvalue weighted by Gasteiger charge is -2.12. The number of aromatic nitrogens is 2. The van der Waals surface area contributed by atoms with E-state index in [4.69, 9.17) is 0 Å². The van der Waals surface area contributed by atoms with Crippen molar-refractivity contribution in [2.75, 3.05) is 4.72 Å². The smallest absolute Gasteiger partial charge is 0.281 e. The first-order valence-corrected chi connectivity index (χ1v) is 7.78. The van der Waals surface area contributed by atoms with Gasteiger partial charge >= 0.3 is 6.18 Å². The molecule has 0 aliphatic carbocycles. The van der Waals surface area contributed by atoms with E-state index in [9.17, 15) is 21.6 Å². The van der Waals surface area contributed by atoms with E-state index in [0.717, 1.165) is 18.3 Å². The quantitative estimate of drug-likeness (QED) is 0.853.